The lowest BCUT2D eigenvalue weighted by Gasteiger charge is -2.21. The highest BCUT2D eigenvalue weighted by molar-refractivity contribution is 6.42. The molecule has 3 aromatic rings. The van der Waals surface area contributed by atoms with Crippen LogP contribution >= 0.6 is 0 Å². The number of aliphatic carboxylic acids is 1. The Kier molecular flexibility index (Phi) is 6.17. The van der Waals surface area contributed by atoms with Crippen LogP contribution in [0.4, 0.5) is 31.9 Å². The van der Waals surface area contributed by atoms with Crippen molar-refractivity contribution in [3.8, 4) is 5.69 Å². The highest BCUT2D eigenvalue weighted by Crippen LogP contribution is 2.38. The SMILES string of the molecule is O=CC1Nc2cc([N+](=O)[O-])c(-n3cnc(COC(=O)Nc4ccc(F)cc4)c3)cc2N=C1C(=O)O. The first-order valence-corrected chi connectivity index (χ1v) is 9.84. The summed E-state index contributed by atoms with van der Waals surface area (Å²) in [5, 5.41) is 26.0. The Bertz CT molecular complexity index is 1370. The average Bonchev–Trinajstić information content (AvgIpc) is 3.31. The Morgan fingerprint density at radius 1 is 1.31 bits per heavy atom. The lowest BCUT2D eigenvalue weighted by molar-refractivity contribution is -0.384. The number of aromatic nitrogens is 2. The van der Waals surface area contributed by atoms with Crippen molar-refractivity contribution in [1.29, 1.82) is 0 Å². The Morgan fingerprint density at radius 3 is 2.71 bits per heavy atom. The van der Waals surface area contributed by atoms with Crippen LogP contribution in [0.5, 0.6) is 0 Å². The van der Waals surface area contributed by atoms with Crippen LogP contribution in [-0.2, 0) is 20.9 Å². The van der Waals surface area contributed by atoms with Crippen LogP contribution in [0.25, 0.3) is 5.69 Å². The molecule has 0 saturated carbocycles. The zero-order valence-corrected chi connectivity index (χ0v) is 17.5. The molecule has 0 bridgehead atoms. The number of nitro benzene ring substituents is 1. The van der Waals surface area contributed by atoms with Gasteiger partial charge < -0.3 is 20.0 Å². The molecule has 2 aromatic carbocycles. The van der Waals surface area contributed by atoms with Gasteiger partial charge in [0.25, 0.3) is 5.69 Å². The molecule has 2 heterocycles. The van der Waals surface area contributed by atoms with E-state index in [1.54, 1.807) is 0 Å². The lowest BCUT2D eigenvalue weighted by atomic mass is 10.1. The fourth-order valence-electron chi connectivity index (χ4n) is 3.24. The number of imidazole rings is 1. The fourth-order valence-corrected chi connectivity index (χ4v) is 3.24. The molecule has 14 heteroatoms. The smallest absolute Gasteiger partial charge is 0.412 e. The molecule has 1 amide bonds. The van der Waals surface area contributed by atoms with E-state index in [9.17, 15) is 34.0 Å². The van der Waals surface area contributed by atoms with E-state index >= 15 is 0 Å². The third-order valence-electron chi connectivity index (χ3n) is 4.85. The van der Waals surface area contributed by atoms with Gasteiger partial charge in [-0.05, 0) is 30.3 Å². The number of hydrogen-bond acceptors (Lipinski definition) is 9. The Hall–Kier alpha value is -5.14. The first kappa shape index (κ1) is 23.0. The zero-order chi connectivity index (χ0) is 25.1. The second kappa shape index (κ2) is 9.38. The molecule has 1 aromatic heterocycles. The number of carbonyl (C=O) groups excluding carboxylic acids is 2. The third kappa shape index (κ3) is 4.95. The van der Waals surface area contributed by atoms with E-state index in [0.29, 0.717) is 12.0 Å². The molecule has 4 rings (SSSR count). The summed E-state index contributed by atoms with van der Waals surface area (Å²) in [5.41, 5.74) is -0.0514. The van der Waals surface area contributed by atoms with Crippen molar-refractivity contribution >= 4 is 46.8 Å². The van der Waals surface area contributed by atoms with Crippen molar-refractivity contribution in [2.45, 2.75) is 12.6 Å². The molecular formula is C21H15FN6O7. The minimum atomic E-state index is -1.42. The second-order valence-electron chi connectivity index (χ2n) is 7.16. The summed E-state index contributed by atoms with van der Waals surface area (Å²) in [6.07, 6.45) is 2.14. The number of nitrogens with zero attached hydrogens (tertiary/aromatic N) is 4. The number of fused-ring (bicyclic) bond motifs is 1. The van der Waals surface area contributed by atoms with Crippen LogP contribution in [-0.4, -0.2) is 49.7 Å². The number of benzene rings is 2. The van der Waals surface area contributed by atoms with Gasteiger partial charge >= 0.3 is 12.1 Å². The number of halogens is 1. The number of carboxylic acid groups (broad SMARTS) is 1. The minimum Gasteiger partial charge on any atom is -0.477 e. The van der Waals surface area contributed by atoms with E-state index in [2.05, 4.69) is 20.6 Å². The first-order valence-electron chi connectivity index (χ1n) is 9.84. The molecule has 1 atom stereocenters. The molecular weight excluding hydrogens is 467 g/mol. The largest absolute Gasteiger partial charge is 0.477 e. The molecule has 0 spiro atoms. The van der Waals surface area contributed by atoms with Gasteiger partial charge in [-0.3, -0.25) is 20.0 Å². The monoisotopic (exact) mass is 482 g/mol. The number of nitrogens with one attached hydrogen (secondary N) is 2. The van der Waals surface area contributed by atoms with E-state index in [4.69, 9.17) is 4.74 Å². The number of hydrogen-bond donors (Lipinski definition) is 3. The van der Waals surface area contributed by atoms with Crippen LogP contribution < -0.4 is 10.6 Å². The predicted molar refractivity (Wildman–Crippen MR) is 119 cm³/mol. The van der Waals surface area contributed by atoms with E-state index in [0.717, 1.165) is 6.07 Å². The van der Waals surface area contributed by atoms with E-state index in [1.165, 1.54) is 47.4 Å². The number of ether oxygens (including phenoxy) is 1. The van der Waals surface area contributed by atoms with E-state index < -0.39 is 34.6 Å². The highest BCUT2D eigenvalue weighted by atomic mass is 19.1. The Morgan fingerprint density at radius 2 is 2.06 bits per heavy atom. The summed E-state index contributed by atoms with van der Waals surface area (Å²) in [5.74, 6) is -1.88. The van der Waals surface area contributed by atoms with Gasteiger partial charge in [0, 0.05) is 18.0 Å². The highest BCUT2D eigenvalue weighted by Gasteiger charge is 2.30. The number of aliphatic imine (C=N–C) groups is 1. The van der Waals surface area contributed by atoms with Crippen LogP contribution in [0.15, 0.2) is 53.9 Å². The predicted octanol–water partition coefficient (Wildman–Crippen LogP) is 2.82. The van der Waals surface area contributed by atoms with Gasteiger partial charge in [-0.2, -0.15) is 0 Å². The normalized spacial score (nSPS) is 14.2. The molecule has 0 aliphatic carbocycles. The van der Waals surface area contributed by atoms with Crippen LogP contribution in [0, 0.1) is 15.9 Å². The summed E-state index contributed by atoms with van der Waals surface area (Å²) in [4.78, 5) is 53.6. The average molecular weight is 482 g/mol. The molecule has 0 saturated heterocycles. The van der Waals surface area contributed by atoms with E-state index in [1.807, 2.05) is 0 Å². The minimum absolute atomic E-state index is 0.0168. The van der Waals surface area contributed by atoms with Crippen LogP contribution in [0.2, 0.25) is 0 Å². The van der Waals surface area contributed by atoms with Crippen molar-refractivity contribution in [3.63, 3.8) is 0 Å². The molecule has 13 nitrogen and oxygen atoms in total. The fraction of sp³-hybridized carbons (Fsp3) is 0.0952. The maximum absolute atomic E-state index is 12.9. The number of anilines is 2. The third-order valence-corrected chi connectivity index (χ3v) is 4.85. The molecule has 35 heavy (non-hydrogen) atoms. The molecule has 1 aliphatic heterocycles. The Labute approximate surface area is 195 Å². The standard InChI is InChI=1S/C21H15FN6O7/c22-11-1-3-12(4-2-11)24-21(32)35-9-13-7-27(10-23-13)17-5-15-14(6-18(17)28(33)34)25-16(8-29)19(26-15)20(30)31/h1-8,10,16,25H,9H2,(H,24,32)(H,30,31). The Balaban J connectivity index is 1.55. The maximum atomic E-state index is 12.9. The van der Waals surface area contributed by atoms with Gasteiger partial charge in [0.1, 0.15) is 30.4 Å². The number of nitro groups is 1. The van der Waals surface area contributed by atoms with Gasteiger partial charge in [0.15, 0.2) is 5.71 Å². The van der Waals surface area contributed by atoms with Crippen molar-refractivity contribution < 1.29 is 33.5 Å². The number of amides is 1. The van der Waals surface area contributed by atoms with Crippen molar-refractivity contribution in [1.82, 2.24) is 9.55 Å². The number of rotatable bonds is 7. The van der Waals surface area contributed by atoms with Gasteiger partial charge in [-0.25, -0.2) is 24.0 Å². The van der Waals surface area contributed by atoms with E-state index in [-0.39, 0.29) is 35.1 Å². The number of carbonyl (C=O) groups is 3. The lowest BCUT2D eigenvalue weighted by Crippen LogP contribution is -2.38. The summed E-state index contributed by atoms with van der Waals surface area (Å²) in [6, 6.07) is 6.19. The molecule has 0 fully saturated rings. The molecule has 1 unspecified atom stereocenters. The van der Waals surface area contributed by atoms with Gasteiger partial charge in [0.2, 0.25) is 0 Å². The van der Waals surface area contributed by atoms with Crippen LogP contribution in [0.3, 0.4) is 0 Å². The number of aldehydes is 1. The summed E-state index contributed by atoms with van der Waals surface area (Å²) in [6.45, 7) is -0.275. The first-order chi connectivity index (χ1) is 16.7. The van der Waals surface area contributed by atoms with Gasteiger partial charge in [0.05, 0.1) is 28.3 Å². The summed E-state index contributed by atoms with van der Waals surface area (Å²) in [7, 11) is 0. The van der Waals surface area contributed by atoms with Crippen molar-refractivity contribution in [2.24, 2.45) is 4.99 Å². The molecule has 178 valence electrons. The summed E-state index contributed by atoms with van der Waals surface area (Å²) >= 11 is 0. The topological polar surface area (TPSA) is 178 Å². The van der Waals surface area contributed by atoms with Crippen molar-refractivity contribution in [2.75, 3.05) is 10.6 Å². The van der Waals surface area contributed by atoms with Gasteiger partial charge in [-0.15, -0.1) is 0 Å². The van der Waals surface area contributed by atoms with Crippen LogP contribution in [0.1, 0.15) is 5.69 Å². The second-order valence-corrected chi connectivity index (χ2v) is 7.16. The van der Waals surface area contributed by atoms with Gasteiger partial charge in [-0.1, -0.05) is 0 Å². The molecule has 1 aliphatic rings. The number of carboxylic acids is 1. The maximum Gasteiger partial charge on any atom is 0.412 e. The molecule has 3 N–H and O–H groups in total. The van der Waals surface area contributed by atoms with Crippen molar-refractivity contribution in [3.05, 3.63) is 70.5 Å². The molecule has 0 radical (unpaired) electrons. The quantitative estimate of drug-likeness (QED) is 0.259. The zero-order valence-electron chi connectivity index (χ0n) is 17.5. The summed E-state index contributed by atoms with van der Waals surface area (Å²) < 4.78 is 19.3.